The summed E-state index contributed by atoms with van der Waals surface area (Å²) in [6, 6.07) is 4.61. The van der Waals surface area contributed by atoms with Crippen LogP contribution in [0.2, 0.25) is 0 Å². The number of hydrogen-bond donors (Lipinski definition) is 4. The maximum Gasteiger partial charge on any atom is 0.319 e. The molecule has 0 bridgehead atoms. The van der Waals surface area contributed by atoms with Crippen LogP contribution in [0.1, 0.15) is 18.7 Å². The third kappa shape index (κ3) is 3.97. The molecule has 134 valence electrons. The van der Waals surface area contributed by atoms with E-state index in [-0.39, 0.29) is 23.6 Å². The number of hydrogen-bond acceptors (Lipinski definition) is 5. The average molecular weight is 346 g/mol. The molecule has 2 amide bonds. The lowest BCUT2D eigenvalue weighted by molar-refractivity contribution is -0.0136. The number of anilines is 1. The first-order valence-corrected chi connectivity index (χ1v) is 8.25. The minimum absolute atomic E-state index is 0.00696. The summed E-state index contributed by atoms with van der Waals surface area (Å²) in [5.41, 5.74) is 0.505. The number of aromatic nitrogens is 2. The lowest BCUT2D eigenvalue weighted by Gasteiger charge is -2.35. The number of rotatable bonds is 4. The summed E-state index contributed by atoms with van der Waals surface area (Å²) in [5.74, 6) is 0.543. The molecular weight excluding hydrogens is 324 g/mol. The van der Waals surface area contributed by atoms with Gasteiger partial charge < -0.3 is 25.5 Å². The van der Waals surface area contributed by atoms with Crippen LogP contribution in [-0.4, -0.2) is 47.5 Å². The van der Waals surface area contributed by atoms with Crippen molar-refractivity contribution in [3.8, 4) is 0 Å². The molecular formula is C17H22N4O4. The van der Waals surface area contributed by atoms with Gasteiger partial charge in [-0.05, 0) is 38.0 Å². The zero-order valence-electron chi connectivity index (χ0n) is 14.1. The Morgan fingerprint density at radius 2 is 2.16 bits per heavy atom. The van der Waals surface area contributed by atoms with Crippen LogP contribution in [0.5, 0.6) is 0 Å². The van der Waals surface area contributed by atoms with Crippen molar-refractivity contribution in [2.24, 2.45) is 5.41 Å². The summed E-state index contributed by atoms with van der Waals surface area (Å²) in [7, 11) is 0. The SMILES string of the molecule is Cc1nc2ccc(NC(=O)NCC3(CO)CCOCC3)cc2c(=O)[nH]1. The normalized spacial score (nSPS) is 16.6. The van der Waals surface area contributed by atoms with Crippen LogP contribution in [0.25, 0.3) is 10.9 Å². The van der Waals surface area contributed by atoms with Crippen LogP contribution in [-0.2, 0) is 4.74 Å². The van der Waals surface area contributed by atoms with Gasteiger partial charge in [0.2, 0.25) is 0 Å². The van der Waals surface area contributed by atoms with E-state index in [1.54, 1.807) is 25.1 Å². The molecule has 8 heteroatoms. The molecule has 8 nitrogen and oxygen atoms in total. The third-order valence-electron chi connectivity index (χ3n) is 4.59. The number of carbonyl (C=O) groups excluding carboxylic acids is 1. The highest BCUT2D eigenvalue weighted by molar-refractivity contribution is 5.92. The van der Waals surface area contributed by atoms with Gasteiger partial charge in [0.15, 0.2) is 0 Å². The molecule has 1 aromatic carbocycles. The van der Waals surface area contributed by atoms with E-state index in [0.29, 0.717) is 55.0 Å². The van der Waals surface area contributed by atoms with Crippen molar-refractivity contribution in [2.75, 3.05) is 31.7 Å². The fourth-order valence-corrected chi connectivity index (χ4v) is 2.97. The van der Waals surface area contributed by atoms with E-state index in [0.717, 1.165) is 0 Å². The maximum absolute atomic E-state index is 12.2. The van der Waals surface area contributed by atoms with E-state index in [1.165, 1.54) is 0 Å². The van der Waals surface area contributed by atoms with Crippen molar-refractivity contribution in [3.05, 3.63) is 34.4 Å². The van der Waals surface area contributed by atoms with E-state index in [2.05, 4.69) is 20.6 Å². The molecule has 4 N–H and O–H groups in total. The molecule has 0 aliphatic carbocycles. The summed E-state index contributed by atoms with van der Waals surface area (Å²) in [4.78, 5) is 31.0. The predicted octanol–water partition coefficient (Wildman–Crippen LogP) is 1.14. The number of aryl methyl sites for hydroxylation is 1. The predicted molar refractivity (Wildman–Crippen MR) is 93.7 cm³/mol. The largest absolute Gasteiger partial charge is 0.396 e. The molecule has 1 fully saturated rings. The van der Waals surface area contributed by atoms with Gasteiger partial charge >= 0.3 is 6.03 Å². The van der Waals surface area contributed by atoms with E-state index in [4.69, 9.17) is 4.74 Å². The molecule has 1 aliphatic heterocycles. The summed E-state index contributed by atoms with van der Waals surface area (Å²) >= 11 is 0. The van der Waals surface area contributed by atoms with Crippen molar-refractivity contribution in [3.63, 3.8) is 0 Å². The van der Waals surface area contributed by atoms with Crippen molar-refractivity contribution >= 4 is 22.6 Å². The number of aromatic amines is 1. The third-order valence-corrected chi connectivity index (χ3v) is 4.59. The second-order valence-corrected chi connectivity index (χ2v) is 6.46. The highest BCUT2D eigenvalue weighted by Gasteiger charge is 2.32. The number of nitrogens with one attached hydrogen (secondary N) is 3. The first kappa shape index (κ1) is 17.4. The minimum atomic E-state index is -0.379. The molecule has 1 saturated heterocycles. The summed E-state index contributed by atoms with van der Waals surface area (Å²) in [6.45, 7) is 3.27. The van der Waals surface area contributed by atoms with Crippen LogP contribution in [0.3, 0.4) is 0 Å². The number of aliphatic hydroxyl groups is 1. The van der Waals surface area contributed by atoms with E-state index in [1.807, 2.05) is 0 Å². The zero-order valence-corrected chi connectivity index (χ0v) is 14.1. The van der Waals surface area contributed by atoms with Crippen molar-refractivity contribution in [2.45, 2.75) is 19.8 Å². The molecule has 3 rings (SSSR count). The smallest absolute Gasteiger partial charge is 0.319 e. The quantitative estimate of drug-likeness (QED) is 0.662. The Kier molecular flexibility index (Phi) is 5.00. The van der Waals surface area contributed by atoms with Crippen LogP contribution in [0, 0.1) is 12.3 Å². The number of fused-ring (bicyclic) bond motifs is 1. The monoisotopic (exact) mass is 346 g/mol. The fourth-order valence-electron chi connectivity index (χ4n) is 2.97. The lowest BCUT2D eigenvalue weighted by Crippen LogP contribution is -2.44. The molecule has 0 spiro atoms. The van der Waals surface area contributed by atoms with Gasteiger partial charge in [-0.2, -0.15) is 0 Å². The maximum atomic E-state index is 12.2. The zero-order chi connectivity index (χ0) is 17.9. The molecule has 25 heavy (non-hydrogen) atoms. The minimum Gasteiger partial charge on any atom is -0.396 e. The van der Waals surface area contributed by atoms with Gasteiger partial charge in [-0.3, -0.25) is 4.79 Å². The summed E-state index contributed by atoms with van der Waals surface area (Å²) < 4.78 is 5.31. The Balaban J connectivity index is 1.66. The van der Waals surface area contributed by atoms with Crippen molar-refractivity contribution < 1.29 is 14.6 Å². The molecule has 2 heterocycles. The molecule has 1 aromatic heterocycles. The highest BCUT2D eigenvalue weighted by atomic mass is 16.5. The molecule has 2 aromatic rings. The molecule has 0 atom stereocenters. The number of urea groups is 1. The van der Waals surface area contributed by atoms with Gasteiger partial charge in [0.1, 0.15) is 5.82 Å². The standard InChI is InChI=1S/C17H22N4O4/c1-11-19-14-3-2-12(8-13(14)15(23)20-11)21-16(24)18-9-17(10-22)4-6-25-7-5-17/h2-3,8,22H,4-7,9-10H2,1H3,(H2,18,21,24)(H,19,20,23). The Morgan fingerprint density at radius 3 is 2.88 bits per heavy atom. The Bertz CT molecular complexity index is 827. The van der Waals surface area contributed by atoms with E-state index >= 15 is 0 Å². The molecule has 0 saturated carbocycles. The Labute approximate surface area is 144 Å². The number of ether oxygens (including phenoxy) is 1. The molecule has 0 unspecified atom stereocenters. The van der Waals surface area contributed by atoms with Gasteiger partial charge in [0, 0.05) is 30.9 Å². The van der Waals surface area contributed by atoms with E-state index < -0.39 is 0 Å². The number of benzene rings is 1. The average Bonchev–Trinajstić information content (AvgIpc) is 2.61. The summed E-state index contributed by atoms with van der Waals surface area (Å²) in [5, 5.41) is 15.6. The topological polar surface area (TPSA) is 116 Å². The van der Waals surface area contributed by atoms with Gasteiger partial charge in [-0.15, -0.1) is 0 Å². The fraction of sp³-hybridized carbons (Fsp3) is 0.471. The number of carbonyl (C=O) groups is 1. The van der Waals surface area contributed by atoms with Gasteiger partial charge in [-0.1, -0.05) is 0 Å². The van der Waals surface area contributed by atoms with Gasteiger partial charge in [0.25, 0.3) is 5.56 Å². The van der Waals surface area contributed by atoms with Crippen molar-refractivity contribution in [1.82, 2.24) is 15.3 Å². The van der Waals surface area contributed by atoms with E-state index in [9.17, 15) is 14.7 Å². The first-order valence-electron chi connectivity index (χ1n) is 8.25. The van der Waals surface area contributed by atoms with Crippen LogP contribution >= 0.6 is 0 Å². The Morgan fingerprint density at radius 1 is 1.40 bits per heavy atom. The highest BCUT2D eigenvalue weighted by Crippen LogP contribution is 2.29. The lowest BCUT2D eigenvalue weighted by atomic mass is 9.81. The first-order chi connectivity index (χ1) is 12.0. The van der Waals surface area contributed by atoms with Crippen LogP contribution in [0.15, 0.2) is 23.0 Å². The van der Waals surface area contributed by atoms with Gasteiger partial charge in [0.05, 0.1) is 17.5 Å². The van der Waals surface area contributed by atoms with Crippen LogP contribution in [0.4, 0.5) is 10.5 Å². The number of aliphatic hydroxyl groups excluding tert-OH is 1. The Hall–Kier alpha value is -2.45. The number of amides is 2. The van der Waals surface area contributed by atoms with Crippen molar-refractivity contribution in [1.29, 1.82) is 0 Å². The molecule has 1 aliphatic rings. The summed E-state index contributed by atoms with van der Waals surface area (Å²) in [6.07, 6.45) is 1.42. The second kappa shape index (κ2) is 7.20. The molecule has 0 radical (unpaired) electrons. The number of nitrogens with zero attached hydrogens (tertiary/aromatic N) is 1. The van der Waals surface area contributed by atoms with Crippen LogP contribution < -0.4 is 16.2 Å². The van der Waals surface area contributed by atoms with Gasteiger partial charge in [-0.25, -0.2) is 9.78 Å². The second-order valence-electron chi connectivity index (χ2n) is 6.46. The number of H-pyrrole nitrogens is 1.